The molecule has 1 heterocycles. The van der Waals surface area contributed by atoms with Crippen molar-refractivity contribution in [2.24, 2.45) is 0 Å². The molecule has 0 bridgehead atoms. The average molecular weight is 594 g/mol. The van der Waals surface area contributed by atoms with Crippen molar-refractivity contribution in [3.63, 3.8) is 0 Å². The fourth-order valence-electron chi connectivity index (χ4n) is 4.79. The monoisotopic (exact) mass is 593 g/mol. The molecule has 0 aromatic heterocycles. The molecule has 2 unspecified atom stereocenters. The van der Waals surface area contributed by atoms with Crippen LogP contribution in [0.3, 0.4) is 0 Å². The summed E-state index contributed by atoms with van der Waals surface area (Å²) < 4.78 is 61.8. The van der Waals surface area contributed by atoms with Gasteiger partial charge in [-0.15, -0.1) is 0 Å². The van der Waals surface area contributed by atoms with E-state index in [-0.39, 0.29) is 16.7 Å². The van der Waals surface area contributed by atoms with Gasteiger partial charge in [0.25, 0.3) is 0 Å². The van der Waals surface area contributed by atoms with E-state index in [0.717, 1.165) is 18.5 Å². The first kappa shape index (κ1) is 32.5. The summed E-state index contributed by atoms with van der Waals surface area (Å²) in [5.74, 6) is 0.933. The van der Waals surface area contributed by atoms with Crippen molar-refractivity contribution in [2.75, 3.05) is 60.9 Å². The van der Waals surface area contributed by atoms with Crippen LogP contribution in [0.1, 0.15) is 62.9 Å². The average Bonchev–Trinajstić information content (AvgIpc) is 3.43. The van der Waals surface area contributed by atoms with Crippen molar-refractivity contribution < 1.29 is 41.6 Å². The summed E-state index contributed by atoms with van der Waals surface area (Å²) in [4.78, 5) is 13.9. The van der Waals surface area contributed by atoms with E-state index in [1.165, 1.54) is 6.92 Å². The number of carbonyl (C=O) groups is 1. The van der Waals surface area contributed by atoms with E-state index in [1.807, 2.05) is 38.1 Å². The number of carbonyl (C=O) groups excluding carboxylic acids is 1. The Balaban J connectivity index is 2.02. The minimum atomic E-state index is -4.00. The fourth-order valence-corrected chi connectivity index (χ4v) is 6.24. The maximum atomic E-state index is 13.4. The smallest absolute Gasteiger partial charge is 0.203 e. The minimum Gasteiger partial charge on any atom is -0.493 e. The molecule has 10 nitrogen and oxygen atoms in total. The molecular formula is C30H43NO9S. The molecule has 1 fully saturated rings. The lowest BCUT2D eigenvalue weighted by Gasteiger charge is -2.21. The molecule has 41 heavy (non-hydrogen) atoms. The molecule has 0 radical (unpaired) electrons. The van der Waals surface area contributed by atoms with Crippen LogP contribution < -0.4 is 23.7 Å². The SMILES string of the molecule is CCCOc1c(OCCCN(C)C)cc(C2CCC(c3cc(OC)c(OC)c(OC)c3)O2)cc1S(=O)(=O)CC(C)=O. The van der Waals surface area contributed by atoms with Crippen LogP contribution in [0.5, 0.6) is 28.7 Å². The van der Waals surface area contributed by atoms with Gasteiger partial charge in [0.05, 0.1) is 46.8 Å². The van der Waals surface area contributed by atoms with E-state index >= 15 is 0 Å². The first-order valence-corrected chi connectivity index (χ1v) is 15.5. The third-order valence-corrected chi connectivity index (χ3v) is 8.44. The standard InChI is InChI=1S/C30H43NO9S/c1-8-13-39-30-27(38-14-9-12-31(3)4)17-22(18-28(30)41(33,34)19-20(2)32)24-11-10-23(40-24)21-15-25(35-5)29(37-7)26(16-21)36-6/h15-18,23-24H,8-14,19H2,1-7H3. The normalized spacial score (nSPS) is 17.0. The van der Waals surface area contributed by atoms with Gasteiger partial charge in [0.2, 0.25) is 5.75 Å². The van der Waals surface area contributed by atoms with Crippen LogP contribution in [-0.2, 0) is 19.4 Å². The predicted molar refractivity (Wildman–Crippen MR) is 156 cm³/mol. The highest BCUT2D eigenvalue weighted by Gasteiger charge is 2.33. The number of ether oxygens (including phenoxy) is 6. The third-order valence-electron chi connectivity index (χ3n) is 6.68. The summed E-state index contributed by atoms with van der Waals surface area (Å²) in [6.07, 6.45) is 2.05. The Labute approximate surface area is 243 Å². The molecule has 0 amide bonds. The number of hydrogen-bond donors (Lipinski definition) is 0. The molecule has 1 aliphatic rings. The molecule has 1 aliphatic heterocycles. The Hall–Kier alpha value is -3.02. The summed E-state index contributed by atoms with van der Waals surface area (Å²) >= 11 is 0. The Kier molecular flexibility index (Phi) is 11.7. The lowest BCUT2D eigenvalue weighted by atomic mass is 10.0. The van der Waals surface area contributed by atoms with E-state index in [9.17, 15) is 13.2 Å². The second-order valence-corrected chi connectivity index (χ2v) is 12.3. The molecule has 2 atom stereocenters. The van der Waals surface area contributed by atoms with Gasteiger partial charge in [0.1, 0.15) is 16.4 Å². The molecular weight excluding hydrogens is 550 g/mol. The number of nitrogens with zero attached hydrogens (tertiary/aromatic N) is 1. The minimum absolute atomic E-state index is 0.0545. The summed E-state index contributed by atoms with van der Waals surface area (Å²) in [5, 5.41) is 0. The lowest BCUT2D eigenvalue weighted by molar-refractivity contribution is -0.114. The van der Waals surface area contributed by atoms with Crippen LogP contribution in [0.2, 0.25) is 0 Å². The zero-order valence-corrected chi connectivity index (χ0v) is 26.0. The van der Waals surface area contributed by atoms with Crippen LogP contribution in [-0.4, -0.2) is 80.0 Å². The summed E-state index contributed by atoms with van der Waals surface area (Å²) in [5.41, 5.74) is 1.50. The number of Topliss-reactive ketones (excluding diaryl/α,β-unsaturated/α-hetero) is 1. The van der Waals surface area contributed by atoms with Crippen LogP contribution in [0, 0.1) is 0 Å². The van der Waals surface area contributed by atoms with E-state index in [1.54, 1.807) is 33.5 Å². The lowest BCUT2D eigenvalue weighted by Crippen LogP contribution is -2.18. The van der Waals surface area contributed by atoms with E-state index in [4.69, 9.17) is 28.4 Å². The van der Waals surface area contributed by atoms with Gasteiger partial charge < -0.3 is 33.3 Å². The van der Waals surface area contributed by atoms with Crippen LogP contribution in [0.4, 0.5) is 0 Å². The number of rotatable bonds is 16. The first-order valence-electron chi connectivity index (χ1n) is 13.8. The molecule has 0 saturated carbocycles. The van der Waals surface area contributed by atoms with E-state index in [0.29, 0.717) is 61.0 Å². The molecule has 0 spiro atoms. The zero-order chi connectivity index (χ0) is 30.2. The van der Waals surface area contributed by atoms with Crippen molar-refractivity contribution in [3.8, 4) is 28.7 Å². The number of hydrogen-bond acceptors (Lipinski definition) is 10. The highest BCUT2D eigenvalue weighted by atomic mass is 32.2. The molecule has 1 saturated heterocycles. The first-order chi connectivity index (χ1) is 19.5. The van der Waals surface area contributed by atoms with Gasteiger partial charge in [-0.1, -0.05) is 6.92 Å². The molecule has 2 aromatic carbocycles. The molecule has 2 aromatic rings. The van der Waals surface area contributed by atoms with E-state index < -0.39 is 27.5 Å². The quantitative estimate of drug-likeness (QED) is 0.252. The maximum absolute atomic E-state index is 13.4. The van der Waals surface area contributed by atoms with Gasteiger partial charge >= 0.3 is 0 Å². The van der Waals surface area contributed by atoms with Gasteiger partial charge in [0, 0.05) is 6.54 Å². The maximum Gasteiger partial charge on any atom is 0.203 e. The van der Waals surface area contributed by atoms with Crippen LogP contribution in [0.25, 0.3) is 0 Å². The van der Waals surface area contributed by atoms with Crippen molar-refractivity contribution in [1.82, 2.24) is 4.90 Å². The Morgan fingerprint density at radius 1 is 0.878 bits per heavy atom. The highest BCUT2D eigenvalue weighted by molar-refractivity contribution is 7.92. The fraction of sp³-hybridized carbons (Fsp3) is 0.567. The van der Waals surface area contributed by atoms with Gasteiger partial charge in [-0.05, 0) is 82.1 Å². The Bertz CT molecular complexity index is 1270. The summed E-state index contributed by atoms with van der Waals surface area (Å²) in [7, 11) is 4.63. The second kappa shape index (κ2) is 14.7. The molecule has 0 N–H and O–H groups in total. The number of ketones is 1. The van der Waals surface area contributed by atoms with Gasteiger partial charge in [-0.2, -0.15) is 0 Å². The molecule has 0 aliphatic carbocycles. The number of sulfone groups is 1. The molecule has 228 valence electrons. The van der Waals surface area contributed by atoms with Crippen molar-refractivity contribution in [3.05, 3.63) is 35.4 Å². The Morgan fingerprint density at radius 3 is 1.98 bits per heavy atom. The number of methoxy groups -OCH3 is 3. The van der Waals surface area contributed by atoms with E-state index in [2.05, 4.69) is 0 Å². The predicted octanol–water partition coefficient (Wildman–Crippen LogP) is 4.79. The van der Waals surface area contributed by atoms with Gasteiger partial charge in [0.15, 0.2) is 32.8 Å². The van der Waals surface area contributed by atoms with Crippen LogP contribution in [0.15, 0.2) is 29.2 Å². The van der Waals surface area contributed by atoms with Gasteiger partial charge in [-0.25, -0.2) is 8.42 Å². The molecule has 11 heteroatoms. The summed E-state index contributed by atoms with van der Waals surface area (Å²) in [6.45, 7) is 4.68. The molecule has 3 rings (SSSR count). The van der Waals surface area contributed by atoms with Crippen molar-refractivity contribution in [2.45, 2.75) is 56.6 Å². The van der Waals surface area contributed by atoms with Crippen molar-refractivity contribution >= 4 is 15.6 Å². The largest absolute Gasteiger partial charge is 0.493 e. The summed E-state index contributed by atoms with van der Waals surface area (Å²) in [6, 6.07) is 7.09. The van der Waals surface area contributed by atoms with Crippen LogP contribution >= 0.6 is 0 Å². The topological polar surface area (TPSA) is 110 Å². The Morgan fingerprint density at radius 2 is 1.46 bits per heavy atom. The number of benzene rings is 2. The second-order valence-electron chi connectivity index (χ2n) is 10.3. The van der Waals surface area contributed by atoms with Gasteiger partial charge in [-0.3, -0.25) is 4.79 Å². The zero-order valence-electron chi connectivity index (χ0n) is 25.2. The van der Waals surface area contributed by atoms with Crippen molar-refractivity contribution in [1.29, 1.82) is 0 Å². The highest BCUT2D eigenvalue weighted by Crippen LogP contribution is 2.48. The third kappa shape index (κ3) is 8.27.